The largest absolute Gasteiger partial charge is 0.692 e. The maximum absolute atomic E-state index is 12.5. The lowest BCUT2D eigenvalue weighted by atomic mass is 10.1. The van der Waals surface area contributed by atoms with Crippen LogP contribution in [0.2, 0.25) is 0 Å². The zero-order chi connectivity index (χ0) is 17.9. The van der Waals surface area contributed by atoms with Crippen molar-refractivity contribution in [2.75, 3.05) is 6.61 Å². The average molecular weight is 347 g/mol. The molecule has 1 heterocycles. The molecule has 130 valence electrons. The Labute approximate surface area is 150 Å². The number of aromatic nitrogens is 3. The Hall–Kier alpha value is -3.54. The molecule has 0 saturated carbocycles. The second-order valence-corrected chi connectivity index (χ2v) is 5.89. The summed E-state index contributed by atoms with van der Waals surface area (Å²) < 4.78 is 5.71. The van der Waals surface area contributed by atoms with Gasteiger partial charge in [0.2, 0.25) is 11.0 Å². The lowest BCUT2D eigenvalue weighted by molar-refractivity contribution is -0.664. The Morgan fingerprint density at radius 3 is 2.58 bits per heavy atom. The molecule has 0 saturated heterocycles. The second kappa shape index (κ2) is 6.76. The minimum absolute atomic E-state index is 0.00451. The van der Waals surface area contributed by atoms with Crippen LogP contribution in [0.5, 0.6) is 11.5 Å². The third kappa shape index (κ3) is 3.04. The summed E-state index contributed by atoms with van der Waals surface area (Å²) in [5.41, 5.74) is 2.30. The number of hydrogen-bond donors (Lipinski definition) is 1. The molecule has 0 fully saturated rings. The highest BCUT2D eigenvalue weighted by Gasteiger charge is 2.18. The van der Waals surface area contributed by atoms with Crippen molar-refractivity contribution in [2.45, 2.75) is 6.42 Å². The molecule has 1 N–H and O–H groups in total. The lowest BCUT2D eigenvalue weighted by Crippen LogP contribution is -2.37. The number of benzene rings is 3. The smallest absolute Gasteiger partial charge is 0.250 e. The molecule has 0 spiro atoms. The van der Waals surface area contributed by atoms with Crippen LogP contribution >= 0.6 is 0 Å². The van der Waals surface area contributed by atoms with Crippen LogP contribution in [0.15, 0.2) is 72.8 Å². The van der Waals surface area contributed by atoms with Gasteiger partial charge in [-0.15, -0.1) is 4.85 Å². The Balaban J connectivity index is 1.58. The van der Waals surface area contributed by atoms with Gasteiger partial charge in [-0.2, -0.15) is 0 Å². The molecular formula is C20H17N3O3. The maximum atomic E-state index is 12.5. The van der Waals surface area contributed by atoms with E-state index in [9.17, 15) is 10.3 Å². The number of rotatable bonds is 5. The summed E-state index contributed by atoms with van der Waals surface area (Å²) in [6.45, 7) is 0.493. The first kappa shape index (κ1) is 16.0. The highest BCUT2D eigenvalue weighted by atomic mass is 16.5. The Morgan fingerprint density at radius 2 is 1.77 bits per heavy atom. The average Bonchev–Trinajstić information content (AvgIpc) is 3.01. The molecule has 0 aliphatic rings. The zero-order valence-electron chi connectivity index (χ0n) is 13.9. The van der Waals surface area contributed by atoms with E-state index in [4.69, 9.17) is 4.74 Å². The zero-order valence-corrected chi connectivity index (χ0v) is 13.9. The van der Waals surface area contributed by atoms with Crippen molar-refractivity contribution >= 4 is 11.0 Å². The van der Waals surface area contributed by atoms with Crippen LogP contribution in [0.1, 0.15) is 5.56 Å². The molecule has 0 amide bonds. The quantitative estimate of drug-likeness (QED) is 0.445. The molecule has 1 aromatic heterocycles. The highest BCUT2D eigenvalue weighted by molar-refractivity contribution is 5.70. The fourth-order valence-electron chi connectivity index (χ4n) is 2.80. The molecule has 0 radical (unpaired) electrons. The number of hydrogen-bond acceptors (Lipinski definition) is 4. The van der Waals surface area contributed by atoms with Gasteiger partial charge in [0.05, 0.1) is 11.7 Å². The second-order valence-electron chi connectivity index (χ2n) is 5.89. The molecule has 0 aliphatic carbocycles. The van der Waals surface area contributed by atoms with Crippen LogP contribution in [-0.2, 0) is 6.42 Å². The molecule has 4 rings (SSSR count). The van der Waals surface area contributed by atoms with Gasteiger partial charge >= 0.3 is 0 Å². The third-order valence-electron chi connectivity index (χ3n) is 4.12. The molecule has 0 atom stereocenters. The van der Waals surface area contributed by atoms with E-state index in [0.717, 1.165) is 11.3 Å². The van der Waals surface area contributed by atoms with Crippen LogP contribution < -0.4 is 9.58 Å². The van der Waals surface area contributed by atoms with Crippen LogP contribution in [0.3, 0.4) is 0 Å². The highest BCUT2D eigenvalue weighted by Crippen LogP contribution is 2.23. The van der Waals surface area contributed by atoms with E-state index < -0.39 is 0 Å². The van der Waals surface area contributed by atoms with Crippen LogP contribution in [0.4, 0.5) is 0 Å². The van der Waals surface area contributed by atoms with Gasteiger partial charge in [-0.3, -0.25) is 0 Å². The minimum atomic E-state index is -0.00451. The molecule has 0 bridgehead atoms. The van der Waals surface area contributed by atoms with E-state index in [2.05, 4.69) is 5.10 Å². The fourth-order valence-corrected chi connectivity index (χ4v) is 2.80. The molecule has 26 heavy (non-hydrogen) atoms. The van der Waals surface area contributed by atoms with Crippen molar-refractivity contribution in [3.8, 4) is 17.2 Å². The topological polar surface area (TPSA) is 74.2 Å². The standard InChI is InChI=1S/C20H17N3O3/c24-20-11-10-15(12-13-26-16-6-2-1-3-7-16)14-19(20)22-21-17-8-4-5-9-18(17)23(22)25/h1-11,14,24H,12-13H2. The van der Waals surface area contributed by atoms with Gasteiger partial charge in [0, 0.05) is 6.42 Å². The van der Waals surface area contributed by atoms with Gasteiger partial charge in [-0.25, -0.2) is 0 Å². The Bertz CT molecular complexity index is 1040. The van der Waals surface area contributed by atoms with E-state index in [0.29, 0.717) is 34.6 Å². The normalized spacial score (nSPS) is 10.9. The molecule has 3 aromatic carbocycles. The van der Waals surface area contributed by atoms with Crippen molar-refractivity contribution in [3.63, 3.8) is 0 Å². The number of para-hydroxylation sites is 2. The van der Waals surface area contributed by atoms with Gasteiger partial charge in [0.1, 0.15) is 11.5 Å². The summed E-state index contributed by atoms with van der Waals surface area (Å²) >= 11 is 0. The summed E-state index contributed by atoms with van der Waals surface area (Å²) in [6.07, 6.45) is 0.641. The van der Waals surface area contributed by atoms with E-state index in [-0.39, 0.29) is 5.75 Å². The molecule has 6 nitrogen and oxygen atoms in total. The minimum Gasteiger partial charge on any atom is -0.692 e. The number of fused-ring (bicyclic) bond motifs is 1. The number of phenolic OH excluding ortho intramolecular Hbond substituents is 1. The predicted molar refractivity (Wildman–Crippen MR) is 97.3 cm³/mol. The number of ether oxygens (including phenoxy) is 1. The molecular weight excluding hydrogens is 330 g/mol. The fraction of sp³-hybridized carbons (Fsp3) is 0.100. The van der Waals surface area contributed by atoms with Gasteiger partial charge in [-0.05, 0) is 46.8 Å². The summed E-state index contributed by atoms with van der Waals surface area (Å²) in [5, 5.41) is 27.0. The van der Waals surface area contributed by atoms with Crippen molar-refractivity contribution in [1.82, 2.24) is 9.90 Å². The third-order valence-corrected chi connectivity index (χ3v) is 4.12. The Morgan fingerprint density at radius 1 is 1.00 bits per heavy atom. The van der Waals surface area contributed by atoms with Gasteiger partial charge in [0.25, 0.3) is 0 Å². The lowest BCUT2D eigenvalue weighted by Gasteiger charge is -2.09. The van der Waals surface area contributed by atoms with Crippen molar-refractivity contribution in [1.29, 1.82) is 0 Å². The number of nitrogens with zero attached hydrogens (tertiary/aromatic N) is 3. The van der Waals surface area contributed by atoms with Gasteiger partial charge < -0.3 is 15.1 Å². The van der Waals surface area contributed by atoms with Crippen LogP contribution in [0, 0.1) is 5.21 Å². The first-order valence-corrected chi connectivity index (χ1v) is 8.30. The SMILES string of the molecule is [O-][n+]1c2ccccc2nn1-c1cc(CCOc2ccccc2)ccc1O. The van der Waals surface area contributed by atoms with E-state index in [1.165, 1.54) is 4.80 Å². The number of aromatic hydroxyl groups is 1. The molecule has 0 aliphatic heterocycles. The predicted octanol–water partition coefficient (Wildman–Crippen LogP) is 2.99. The summed E-state index contributed by atoms with van der Waals surface area (Å²) in [7, 11) is 0. The van der Waals surface area contributed by atoms with Crippen LogP contribution in [0.25, 0.3) is 16.7 Å². The monoisotopic (exact) mass is 347 g/mol. The Kier molecular flexibility index (Phi) is 4.15. The van der Waals surface area contributed by atoms with E-state index >= 15 is 0 Å². The summed E-state index contributed by atoms with van der Waals surface area (Å²) in [4.78, 5) is 1.84. The van der Waals surface area contributed by atoms with Gasteiger partial charge in [-0.1, -0.05) is 36.4 Å². The van der Waals surface area contributed by atoms with Crippen LogP contribution in [-0.4, -0.2) is 21.6 Å². The van der Waals surface area contributed by atoms with E-state index in [1.807, 2.05) is 42.5 Å². The van der Waals surface area contributed by atoms with Crippen molar-refractivity contribution < 1.29 is 14.7 Å². The van der Waals surface area contributed by atoms with Crippen molar-refractivity contribution in [3.05, 3.63) is 83.6 Å². The van der Waals surface area contributed by atoms with Gasteiger partial charge in [0.15, 0.2) is 5.69 Å². The first-order chi connectivity index (χ1) is 12.7. The molecule has 0 unspecified atom stereocenters. The summed E-state index contributed by atoms with van der Waals surface area (Å²) in [5.74, 6) is 0.803. The van der Waals surface area contributed by atoms with E-state index in [1.54, 1.807) is 30.3 Å². The maximum Gasteiger partial charge on any atom is 0.250 e. The number of phenols is 1. The summed E-state index contributed by atoms with van der Waals surface area (Å²) in [6, 6.07) is 21.8. The van der Waals surface area contributed by atoms with Crippen molar-refractivity contribution in [2.24, 2.45) is 0 Å². The first-order valence-electron chi connectivity index (χ1n) is 8.30. The molecule has 6 heteroatoms. The molecule has 4 aromatic rings.